The number of benzene rings is 4. The second kappa shape index (κ2) is 12.5. The molecular weight excluding hydrogens is 738 g/mol. The number of hydrogen-bond donors (Lipinski definition) is 0. The van der Waals surface area contributed by atoms with Crippen molar-refractivity contribution in [3.63, 3.8) is 0 Å². The van der Waals surface area contributed by atoms with Gasteiger partial charge in [-0.3, -0.25) is 0 Å². The normalized spacial score (nSPS) is 16.2. The molecule has 0 radical (unpaired) electrons. The second-order valence-electron chi connectivity index (χ2n) is 10.5. The van der Waals surface area contributed by atoms with Crippen molar-refractivity contribution in [2.75, 3.05) is 0 Å². The maximum atomic E-state index is 6.06. The van der Waals surface area contributed by atoms with Gasteiger partial charge in [0.05, 0.1) is 0 Å². The Morgan fingerprint density at radius 2 is 0.884 bits per heavy atom. The van der Waals surface area contributed by atoms with E-state index in [2.05, 4.69) is 121 Å². The van der Waals surface area contributed by atoms with E-state index in [1.807, 2.05) is 12.1 Å². The molecule has 0 aliphatic heterocycles. The molecule has 2 unspecified atom stereocenters. The third kappa shape index (κ3) is 5.25. The number of rotatable bonds is 6. The summed E-state index contributed by atoms with van der Waals surface area (Å²) in [6, 6.07) is 43.4. The minimum atomic E-state index is -1.54. The van der Waals surface area contributed by atoms with Crippen molar-refractivity contribution in [3.8, 4) is 22.3 Å². The molecule has 2 heterocycles. The Hall–Kier alpha value is -3.63. The summed E-state index contributed by atoms with van der Waals surface area (Å²) in [6.45, 7) is 0. The van der Waals surface area contributed by atoms with E-state index in [9.17, 15) is 0 Å². The molecule has 2 aliphatic carbocycles. The summed E-state index contributed by atoms with van der Waals surface area (Å²) in [6.07, 6.45) is 8.40. The van der Waals surface area contributed by atoms with Crippen LogP contribution in [0.4, 0.5) is 0 Å². The first-order chi connectivity index (χ1) is 20.3. The molecule has 2 aliphatic rings. The van der Waals surface area contributed by atoms with Gasteiger partial charge in [0.2, 0.25) is 0 Å². The van der Waals surface area contributed by atoms with Crippen molar-refractivity contribution in [1.82, 2.24) is 0 Å². The Morgan fingerprint density at radius 3 is 1.28 bits per heavy atom. The van der Waals surface area contributed by atoms with E-state index >= 15 is 0 Å². The van der Waals surface area contributed by atoms with E-state index in [4.69, 9.17) is 8.83 Å². The molecule has 0 N–H and O–H groups in total. The summed E-state index contributed by atoms with van der Waals surface area (Å²) in [5, 5.41) is 0. The van der Waals surface area contributed by atoms with Gasteiger partial charge in [0.25, 0.3) is 0 Å². The summed E-state index contributed by atoms with van der Waals surface area (Å²) < 4.78 is 12.9. The van der Waals surface area contributed by atoms with Gasteiger partial charge in [-0.25, -0.2) is 0 Å². The molecule has 2 aromatic heterocycles. The van der Waals surface area contributed by atoms with E-state index in [-0.39, 0.29) is 24.8 Å². The molecule has 2 atom stereocenters. The third-order valence-corrected chi connectivity index (χ3v) is 15.1. The molecule has 43 heavy (non-hydrogen) atoms. The SMILES string of the molecule is C1=C(c2ccco2)[CH]([Hf+2][CH]2C(c3ccco3)=Cc3c(-c4ccccc4)cccc32)c2cccc(-c3ccccc3)c21.[Cl-].[Cl-]. The summed E-state index contributed by atoms with van der Waals surface area (Å²) in [5.74, 6) is 1.97. The van der Waals surface area contributed by atoms with Crippen molar-refractivity contribution < 1.29 is 56.6 Å². The van der Waals surface area contributed by atoms with Crippen LogP contribution < -0.4 is 24.8 Å². The van der Waals surface area contributed by atoms with Crippen LogP contribution in [0.15, 0.2) is 143 Å². The monoisotopic (exact) mass is 764 g/mol. The molecule has 0 fully saturated rings. The number of furan rings is 2. The zero-order chi connectivity index (χ0) is 27.2. The van der Waals surface area contributed by atoms with Gasteiger partial charge in [-0.2, -0.15) is 0 Å². The van der Waals surface area contributed by atoms with Gasteiger partial charge in [-0.1, -0.05) is 0 Å². The van der Waals surface area contributed by atoms with Crippen LogP contribution in [0.3, 0.4) is 0 Å². The molecule has 4 aromatic carbocycles. The van der Waals surface area contributed by atoms with Gasteiger partial charge in [-0.15, -0.1) is 0 Å². The van der Waals surface area contributed by atoms with E-state index < -0.39 is 22.9 Å². The van der Waals surface area contributed by atoms with Crippen LogP contribution in [0, 0.1) is 0 Å². The minimum Gasteiger partial charge on any atom is -1.00 e. The number of fused-ring (bicyclic) bond motifs is 2. The Morgan fingerprint density at radius 1 is 0.442 bits per heavy atom. The van der Waals surface area contributed by atoms with Crippen LogP contribution in [0.5, 0.6) is 0 Å². The van der Waals surface area contributed by atoms with Crippen molar-refractivity contribution in [1.29, 1.82) is 0 Å². The first-order valence-electron chi connectivity index (χ1n) is 14.0. The molecule has 208 valence electrons. The third-order valence-electron chi connectivity index (χ3n) is 8.24. The van der Waals surface area contributed by atoms with E-state index in [0.29, 0.717) is 7.35 Å². The minimum absolute atomic E-state index is 0. The van der Waals surface area contributed by atoms with E-state index in [0.717, 1.165) is 11.5 Å². The standard InChI is InChI=1S/2C19H13O.2ClH.Hf/c2*1-2-6-14(7-3-1)17-9-4-8-15-12-16(13-18(15)17)19-10-5-11-20-19;;;/h2*1-13H;2*1H;/q;;;;+2/p-2. The molecule has 0 saturated heterocycles. The molecule has 0 saturated carbocycles. The molecular formula is C38H26Cl2HfO2. The Bertz CT molecular complexity index is 1770. The molecule has 0 amide bonds. The predicted octanol–water partition coefficient (Wildman–Crippen LogP) is 4.19. The quantitative estimate of drug-likeness (QED) is 0.238. The fourth-order valence-corrected chi connectivity index (χ4v) is 13.6. The van der Waals surface area contributed by atoms with Crippen molar-refractivity contribution in [3.05, 3.63) is 168 Å². The Labute approximate surface area is 275 Å². The van der Waals surface area contributed by atoms with Crippen LogP contribution in [0.1, 0.15) is 41.1 Å². The summed E-state index contributed by atoms with van der Waals surface area (Å²) in [5.41, 5.74) is 13.3. The van der Waals surface area contributed by atoms with E-state index in [1.165, 1.54) is 55.7 Å². The maximum absolute atomic E-state index is 6.06. The zero-order valence-electron chi connectivity index (χ0n) is 23.1. The molecule has 6 aromatic rings. The van der Waals surface area contributed by atoms with Gasteiger partial charge in [-0.05, 0) is 0 Å². The van der Waals surface area contributed by atoms with Crippen LogP contribution >= 0.6 is 0 Å². The first-order valence-corrected chi connectivity index (χ1v) is 18.1. The average molecular weight is 764 g/mol. The number of halogens is 2. The number of allylic oxidation sites excluding steroid dienone is 2. The van der Waals surface area contributed by atoms with Gasteiger partial charge in [0, 0.05) is 0 Å². The van der Waals surface area contributed by atoms with Crippen molar-refractivity contribution >= 4 is 23.3 Å². The maximum Gasteiger partial charge on any atom is -1.00 e. The van der Waals surface area contributed by atoms with Gasteiger partial charge in [0.15, 0.2) is 0 Å². The molecule has 8 rings (SSSR count). The number of hydrogen-bond acceptors (Lipinski definition) is 2. The second-order valence-corrected chi connectivity index (χ2v) is 15.9. The largest absolute Gasteiger partial charge is 1.00 e. The first kappa shape index (κ1) is 29.4. The van der Waals surface area contributed by atoms with Crippen LogP contribution in [0.2, 0.25) is 0 Å². The average Bonchev–Trinajstić information content (AvgIpc) is 3.85. The Balaban J connectivity index is 0.00000165. The van der Waals surface area contributed by atoms with Crippen LogP contribution in [-0.2, 0) is 22.9 Å². The van der Waals surface area contributed by atoms with Gasteiger partial charge in [0.1, 0.15) is 0 Å². The van der Waals surface area contributed by atoms with Gasteiger partial charge >= 0.3 is 252 Å². The van der Waals surface area contributed by atoms with Crippen LogP contribution in [-0.4, -0.2) is 0 Å². The van der Waals surface area contributed by atoms with Crippen molar-refractivity contribution in [2.24, 2.45) is 0 Å². The predicted molar refractivity (Wildman–Crippen MR) is 162 cm³/mol. The molecule has 0 spiro atoms. The molecule has 2 nitrogen and oxygen atoms in total. The molecule has 0 bridgehead atoms. The molecule has 5 heteroatoms. The Kier molecular flexibility index (Phi) is 8.59. The van der Waals surface area contributed by atoms with Crippen molar-refractivity contribution in [2.45, 2.75) is 7.35 Å². The fraction of sp³-hybridized carbons (Fsp3) is 0.0526. The fourth-order valence-electron chi connectivity index (χ4n) is 6.38. The van der Waals surface area contributed by atoms with Gasteiger partial charge < -0.3 is 24.8 Å². The summed E-state index contributed by atoms with van der Waals surface area (Å²) >= 11 is -1.54. The van der Waals surface area contributed by atoms with E-state index in [1.54, 1.807) is 12.5 Å². The zero-order valence-corrected chi connectivity index (χ0v) is 28.2. The summed E-state index contributed by atoms with van der Waals surface area (Å²) in [4.78, 5) is 0. The summed E-state index contributed by atoms with van der Waals surface area (Å²) in [7, 11) is 0. The topological polar surface area (TPSA) is 26.3 Å². The van der Waals surface area contributed by atoms with Crippen LogP contribution in [0.25, 0.3) is 45.6 Å². The smallest absolute Gasteiger partial charge is 1.00 e.